The highest BCUT2D eigenvalue weighted by Gasteiger charge is 2.00. The normalized spacial score (nSPS) is 10.8. The summed E-state index contributed by atoms with van der Waals surface area (Å²) in [7, 11) is 0. The van der Waals surface area contributed by atoms with Crippen LogP contribution in [0.3, 0.4) is 0 Å². The predicted molar refractivity (Wildman–Crippen MR) is 67.2 cm³/mol. The van der Waals surface area contributed by atoms with Crippen molar-refractivity contribution in [3.63, 3.8) is 0 Å². The van der Waals surface area contributed by atoms with E-state index in [0.717, 1.165) is 12.0 Å². The fraction of sp³-hybridized carbons (Fsp3) is 0.167. The molecule has 0 spiro atoms. The minimum Gasteiger partial charge on any atom is -0.368 e. The number of tetrazole rings is 1. The lowest BCUT2D eigenvalue weighted by Crippen LogP contribution is -2.08. The predicted octanol–water partition coefficient (Wildman–Crippen LogP) is 1.31. The third kappa shape index (κ3) is 2.65. The third-order valence-corrected chi connectivity index (χ3v) is 2.70. The molecule has 3 rings (SSSR count). The molecule has 0 atom stereocenters. The molecule has 6 nitrogen and oxygen atoms in total. The van der Waals surface area contributed by atoms with Crippen molar-refractivity contribution in [2.45, 2.75) is 6.42 Å². The van der Waals surface area contributed by atoms with E-state index in [1.807, 2.05) is 6.07 Å². The molecule has 0 bridgehead atoms. The van der Waals surface area contributed by atoms with Crippen LogP contribution >= 0.6 is 0 Å². The molecule has 0 aliphatic carbocycles. The van der Waals surface area contributed by atoms with E-state index in [9.17, 15) is 4.39 Å². The molecular formula is C12H11FN6. The fourth-order valence-corrected chi connectivity index (χ4v) is 1.73. The molecule has 0 unspecified atom stereocenters. The summed E-state index contributed by atoms with van der Waals surface area (Å²) >= 11 is 0. The summed E-state index contributed by atoms with van der Waals surface area (Å²) in [4.78, 5) is 0. The second kappa shape index (κ2) is 4.97. The van der Waals surface area contributed by atoms with Gasteiger partial charge in [-0.1, -0.05) is 12.1 Å². The van der Waals surface area contributed by atoms with Gasteiger partial charge in [0.25, 0.3) is 0 Å². The van der Waals surface area contributed by atoms with E-state index in [4.69, 9.17) is 0 Å². The number of anilines is 1. The molecular weight excluding hydrogens is 247 g/mol. The average molecular weight is 258 g/mol. The van der Waals surface area contributed by atoms with Crippen molar-refractivity contribution in [1.29, 1.82) is 0 Å². The minimum atomic E-state index is -0.220. The highest BCUT2D eigenvalue weighted by atomic mass is 19.1. The van der Waals surface area contributed by atoms with Crippen molar-refractivity contribution < 1.29 is 4.39 Å². The van der Waals surface area contributed by atoms with Gasteiger partial charge in [0.15, 0.2) is 5.65 Å². The Morgan fingerprint density at radius 3 is 2.79 bits per heavy atom. The molecule has 0 saturated heterocycles. The second-order valence-corrected chi connectivity index (χ2v) is 4.05. The highest BCUT2D eigenvalue weighted by molar-refractivity contribution is 5.42. The molecule has 3 aromatic rings. The summed E-state index contributed by atoms with van der Waals surface area (Å²) in [6.45, 7) is 0.701. The number of rotatable bonds is 4. The number of benzene rings is 1. The number of nitrogens with one attached hydrogen (secondary N) is 1. The molecule has 19 heavy (non-hydrogen) atoms. The van der Waals surface area contributed by atoms with Crippen LogP contribution in [0.25, 0.3) is 5.65 Å². The fourth-order valence-electron chi connectivity index (χ4n) is 1.73. The van der Waals surface area contributed by atoms with Crippen LogP contribution in [0, 0.1) is 5.82 Å². The highest BCUT2D eigenvalue weighted by Crippen LogP contribution is 2.06. The van der Waals surface area contributed by atoms with Gasteiger partial charge in [-0.25, -0.2) is 4.39 Å². The molecule has 0 radical (unpaired) electrons. The Balaban J connectivity index is 1.61. The quantitative estimate of drug-likeness (QED) is 0.764. The van der Waals surface area contributed by atoms with Crippen molar-refractivity contribution >= 4 is 11.5 Å². The van der Waals surface area contributed by atoms with Crippen LogP contribution in [0.15, 0.2) is 36.4 Å². The molecule has 0 amide bonds. The lowest BCUT2D eigenvalue weighted by Gasteiger charge is -2.05. The maximum Gasteiger partial charge on any atom is 0.200 e. The van der Waals surface area contributed by atoms with Gasteiger partial charge >= 0.3 is 0 Å². The Kier molecular flexibility index (Phi) is 3.01. The molecule has 0 aliphatic rings. The Hall–Kier alpha value is -2.57. The number of hydrogen-bond acceptors (Lipinski definition) is 5. The van der Waals surface area contributed by atoms with Crippen molar-refractivity contribution in [2.75, 3.05) is 11.9 Å². The van der Waals surface area contributed by atoms with E-state index in [1.54, 1.807) is 18.2 Å². The Morgan fingerprint density at radius 2 is 1.95 bits per heavy atom. The molecule has 2 aromatic heterocycles. The van der Waals surface area contributed by atoms with Gasteiger partial charge in [0.05, 0.1) is 0 Å². The van der Waals surface area contributed by atoms with Gasteiger partial charge in [-0.2, -0.15) is 0 Å². The zero-order valence-electron chi connectivity index (χ0n) is 9.99. The topological polar surface area (TPSA) is 68.0 Å². The molecule has 1 aromatic carbocycles. The number of fused-ring (bicyclic) bond motifs is 1. The van der Waals surface area contributed by atoms with E-state index < -0.39 is 0 Å². The maximum absolute atomic E-state index is 12.7. The van der Waals surface area contributed by atoms with E-state index in [2.05, 4.69) is 25.9 Å². The van der Waals surface area contributed by atoms with Crippen molar-refractivity contribution in [3.05, 3.63) is 47.8 Å². The first-order chi connectivity index (χ1) is 9.31. The van der Waals surface area contributed by atoms with Crippen LogP contribution in [-0.2, 0) is 6.42 Å². The monoisotopic (exact) mass is 258 g/mol. The summed E-state index contributed by atoms with van der Waals surface area (Å²) < 4.78 is 14.1. The Morgan fingerprint density at radius 1 is 1.11 bits per heavy atom. The van der Waals surface area contributed by atoms with Crippen LogP contribution in [0.5, 0.6) is 0 Å². The smallest absolute Gasteiger partial charge is 0.200 e. The third-order valence-electron chi connectivity index (χ3n) is 2.70. The SMILES string of the molecule is Fc1ccc(CCNc2ccc3nnnn3n2)cc1. The first kappa shape index (κ1) is 11.5. The maximum atomic E-state index is 12.7. The lowest BCUT2D eigenvalue weighted by molar-refractivity contribution is 0.627. The summed E-state index contributed by atoms with van der Waals surface area (Å²) in [5, 5.41) is 18.4. The van der Waals surface area contributed by atoms with Crippen molar-refractivity contribution in [1.82, 2.24) is 25.3 Å². The molecule has 0 fully saturated rings. The number of hydrogen-bond donors (Lipinski definition) is 1. The number of halogens is 1. The van der Waals surface area contributed by atoms with Gasteiger partial charge in [0.1, 0.15) is 11.6 Å². The van der Waals surface area contributed by atoms with Crippen LogP contribution in [0.4, 0.5) is 10.2 Å². The van der Waals surface area contributed by atoms with Crippen molar-refractivity contribution in [2.24, 2.45) is 0 Å². The van der Waals surface area contributed by atoms with Crippen LogP contribution in [0.2, 0.25) is 0 Å². The van der Waals surface area contributed by atoms with Crippen LogP contribution < -0.4 is 5.32 Å². The zero-order valence-corrected chi connectivity index (χ0v) is 9.99. The summed E-state index contributed by atoms with van der Waals surface area (Å²) in [5.41, 5.74) is 1.67. The van der Waals surface area contributed by atoms with E-state index in [0.29, 0.717) is 18.0 Å². The molecule has 1 N–H and O–H groups in total. The average Bonchev–Trinajstić information content (AvgIpc) is 2.88. The van der Waals surface area contributed by atoms with Gasteiger partial charge in [0.2, 0.25) is 0 Å². The lowest BCUT2D eigenvalue weighted by atomic mass is 10.1. The van der Waals surface area contributed by atoms with Crippen LogP contribution in [0.1, 0.15) is 5.56 Å². The zero-order chi connectivity index (χ0) is 13.1. The molecule has 7 heteroatoms. The Labute approximate surface area is 108 Å². The summed E-state index contributed by atoms with van der Waals surface area (Å²) in [6.07, 6.45) is 0.787. The molecule has 2 heterocycles. The van der Waals surface area contributed by atoms with E-state index >= 15 is 0 Å². The molecule has 0 aliphatic heterocycles. The van der Waals surface area contributed by atoms with Gasteiger partial charge in [0, 0.05) is 6.54 Å². The van der Waals surface area contributed by atoms with Gasteiger partial charge in [-0.3, -0.25) is 0 Å². The summed E-state index contributed by atoms with van der Waals surface area (Å²) in [5.74, 6) is 0.476. The van der Waals surface area contributed by atoms with E-state index in [1.165, 1.54) is 16.8 Å². The number of nitrogens with zero attached hydrogens (tertiary/aromatic N) is 5. The number of aromatic nitrogens is 5. The van der Waals surface area contributed by atoms with Crippen LogP contribution in [-0.4, -0.2) is 31.8 Å². The first-order valence-electron chi connectivity index (χ1n) is 5.85. The standard InChI is InChI=1S/C12H11FN6/c13-10-3-1-9(2-4-10)7-8-14-11-5-6-12-15-17-18-19(12)16-11/h1-6H,7-8H2,(H,14,16). The van der Waals surface area contributed by atoms with E-state index in [-0.39, 0.29) is 5.82 Å². The van der Waals surface area contributed by atoms with Gasteiger partial charge < -0.3 is 5.32 Å². The molecule has 0 saturated carbocycles. The van der Waals surface area contributed by atoms with Gasteiger partial charge in [-0.15, -0.1) is 14.8 Å². The Bertz CT molecular complexity index is 678. The largest absolute Gasteiger partial charge is 0.368 e. The summed E-state index contributed by atoms with van der Waals surface area (Å²) in [6, 6.07) is 10.1. The minimum absolute atomic E-state index is 0.220. The molecule has 96 valence electrons. The second-order valence-electron chi connectivity index (χ2n) is 4.05. The van der Waals surface area contributed by atoms with Crippen molar-refractivity contribution in [3.8, 4) is 0 Å². The van der Waals surface area contributed by atoms with Gasteiger partial charge in [-0.05, 0) is 46.7 Å². The first-order valence-corrected chi connectivity index (χ1v) is 5.85.